The summed E-state index contributed by atoms with van der Waals surface area (Å²) in [6.07, 6.45) is 1.61. The van der Waals surface area contributed by atoms with Gasteiger partial charge in [0.25, 0.3) is 0 Å². The molecule has 13 heavy (non-hydrogen) atoms. The molecule has 2 nitrogen and oxygen atoms in total. The number of aryl methyl sites for hydroxylation is 1. The molecule has 3 heteroatoms. The first kappa shape index (κ1) is 7.98. The minimum Gasteiger partial charge on any atom is -0.356 e. The van der Waals surface area contributed by atoms with Gasteiger partial charge in [0.2, 0.25) is 0 Å². The molecular formula is C10H8FNO. The van der Waals surface area contributed by atoms with Crippen molar-refractivity contribution < 1.29 is 8.91 Å². The van der Waals surface area contributed by atoms with E-state index in [0.29, 0.717) is 5.76 Å². The second kappa shape index (κ2) is 3.01. The van der Waals surface area contributed by atoms with Gasteiger partial charge in [-0.3, -0.25) is 0 Å². The smallest absolute Gasteiger partial charge is 0.169 e. The van der Waals surface area contributed by atoms with Crippen LogP contribution in [0.2, 0.25) is 0 Å². The zero-order valence-electron chi connectivity index (χ0n) is 7.12. The monoisotopic (exact) mass is 177 g/mol. The molecule has 0 radical (unpaired) electrons. The van der Waals surface area contributed by atoms with Crippen molar-refractivity contribution >= 4 is 0 Å². The van der Waals surface area contributed by atoms with Gasteiger partial charge in [0.15, 0.2) is 5.76 Å². The number of rotatable bonds is 1. The first-order valence-electron chi connectivity index (χ1n) is 3.94. The lowest BCUT2D eigenvalue weighted by molar-refractivity contribution is 0.431. The van der Waals surface area contributed by atoms with Gasteiger partial charge in [0.05, 0.1) is 6.20 Å². The van der Waals surface area contributed by atoms with Crippen LogP contribution in [0.1, 0.15) is 5.56 Å². The first-order valence-corrected chi connectivity index (χ1v) is 3.94. The minimum atomic E-state index is -0.270. The molecule has 1 aromatic heterocycles. The summed E-state index contributed by atoms with van der Waals surface area (Å²) in [5.74, 6) is 0.354. The average molecular weight is 177 g/mol. The van der Waals surface area contributed by atoms with Crippen LogP contribution in [0, 0.1) is 12.7 Å². The van der Waals surface area contributed by atoms with Gasteiger partial charge in [-0.15, -0.1) is 0 Å². The Morgan fingerprint density at radius 2 is 2.23 bits per heavy atom. The molecule has 0 unspecified atom stereocenters. The zero-order valence-corrected chi connectivity index (χ0v) is 7.12. The van der Waals surface area contributed by atoms with Gasteiger partial charge in [0, 0.05) is 11.1 Å². The highest BCUT2D eigenvalue weighted by Crippen LogP contribution is 2.22. The molecule has 0 spiro atoms. The number of aromatic nitrogens is 1. The van der Waals surface area contributed by atoms with Crippen LogP contribution in [0.25, 0.3) is 11.3 Å². The van der Waals surface area contributed by atoms with Crippen molar-refractivity contribution in [2.45, 2.75) is 6.92 Å². The molecule has 1 aromatic carbocycles. The highest BCUT2D eigenvalue weighted by Gasteiger charge is 2.06. The van der Waals surface area contributed by atoms with E-state index in [1.807, 2.05) is 6.92 Å². The van der Waals surface area contributed by atoms with Crippen LogP contribution in [-0.4, -0.2) is 5.16 Å². The molecule has 0 saturated heterocycles. The van der Waals surface area contributed by atoms with Crippen molar-refractivity contribution in [3.8, 4) is 11.3 Å². The van der Waals surface area contributed by atoms with Gasteiger partial charge in [-0.2, -0.15) is 0 Å². The molecule has 1 heterocycles. The third-order valence-electron chi connectivity index (χ3n) is 1.84. The second-order valence-electron chi connectivity index (χ2n) is 2.85. The number of benzene rings is 1. The van der Waals surface area contributed by atoms with Crippen molar-refractivity contribution in [2.75, 3.05) is 0 Å². The molecule has 0 N–H and O–H groups in total. The highest BCUT2D eigenvalue weighted by atomic mass is 19.1. The quantitative estimate of drug-likeness (QED) is 0.669. The van der Waals surface area contributed by atoms with Crippen LogP contribution in [0.5, 0.6) is 0 Å². The fourth-order valence-electron chi connectivity index (χ4n) is 1.20. The molecule has 0 amide bonds. The average Bonchev–Trinajstić information content (AvgIpc) is 2.51. The molecule has 0 atom stereocenters. The Bertz CT molecular complexity index is 422. The largest absolute Gasteiger partial charge is 0.356 e. The van der Waals surface area contributed by atoms with E-state index in [1.54, 1.807) is 18.3 Å². The van der Waals surface area contributed by atoms with Gasteiger partial charge in [-0.25, -0.2) is 4.39 Å². The Morgan fingerprint density at radius 1 is 1.38 bits per heavy atom. The molecular weight excluding hydrogens is 169 g/mol. The van der Waals surface area contributed by atoms with Crippen LogP contribution in [0.15, 0.2) is 35.0 Å². The Labute approximate surface area is 75.0 Å². The summed E-state index contributed by atoms with van der Waals surface area (Å²) in [6, 6.07) is 6.26. The molecule has 0 bridgehead atoms. The molecule has 66 valence electrons. The lowest BCUT2D eigenvalue weighted by Gasteiger charge is -1.96. The minimum absolute atomic E-state index is 0.270. The van der Waals surface area contributed by atoms with Crippen molar-refractivity contribution in [3.05, 3.63) is 41.8 Å². The second-order valence-corrected chi connectivity index (χ2v) is 2.85. The van der Waals surface area contributed by atoms with E-state index in [9.17, 15) is 4.39 Å². The van der Waals surface area contributed by atoms with Crippen molar-refractivity contribution in [1.82, 2.24) is 5.16 Å². The summed E-state index contributed by atoms with van der Waals surface area (Å²) >= 11 is 0. The Morgan fingerprint density at radius 3 is 2.85 bits per heavy atom. The van der Waals surface area contributed by atoms with Crippen LogP contribution in [-0.2, 0) is 0 Å². The summed E-state index contributed by atoms with van der Waals surface area (Å²) in [4.78, 5) is 0. The van der Waals surface area contributed by atoms with Gasteiger partial charge in [-0.1, -0.05) is 17.3 Å². The van der Waals surface area contributed by atoms with E-state index in [4.69, 9.17) is 4.52 Å². The van der Waals surface area contributed by atoms with Crippen LogP contribution in [0.4, 0.5) is 4.39 Å². The van der Waals surface area contributed by atoms with E-state index in [2.05, 4.69) is 5.16 Å². The lowest BCUT2D eigenvalue weighted by atomic mass is 10.1. The Balaban J connectivity index is 2.53. The summed E-state index contributed by atoms with van der Waals surface area (Å²) in [5, 5.41) is 3.63. The normalized spacial score (nSPS) is 10.3. The molecule has 0 aliphatic carbocycles. The predicted octanol–water partition coefficient (Wildman–Crippen LogP) is 2.79. The predicted molar refractivity (Wildman–Crippen MR) is 46.6 cm³/mol. The maximum atomic E-state index is 12.8. The van der Waals surface area contributed by atoms with Crippen molar-refractivity contribution in [3.63, 3.8) is 0 Å². The van der Waals surface area contributed by atoms with E-state index in [1.165, 1.54) is 12.1 Å². The van der Waals surface area contributed by atoms with Gasteiger partial charge < -0.3 is 4.52 Å². The van der Waals surface area contributed by atoms with Gasteiger partial charge >= 0.3 is 0 Å². The SMILES string of the molecule is Cc1cnoc1-c1cccc(F)c1. The molecule has 0 aliphatic rings. The van der Waals surface area contributed by atoms with E-state index in [0.717, 1.165) is 11.1 Å². The molecule has 0 fully saturated rings. The Kier molecular flexibility index (Phi) is 1.85. The fraction of sp³-hybridized carbons (Fsp3) is 0.100. The standard InChI is InChI=1S/C10H8FNO/c1-7-6-12-13-10(7)8-3-2-4-9(11)5-8/h2-6H,1H3. The third kappa shape index (κ3) is 1.45. The van der Waals surface area contributed by atoms with Crippen molar-refractivity contribution in [2.24, 2.45) is 0 Å². The third-order valence-corrected chi connectivity index (χ3v) is 1.84. The van der Waals surface area contributed by atoms with E-state index >= 15 is 0 Å². The molecule has 0 aliphatic heterocycles. The van der Waals surface area contributed by atoms with Gasteiger partial charge in [-0.05, 0) is 19.1 Å². The molecule has 2 aromatic rings. The first-order chi connectivity index (χ1) is 6.27. The number of nitrogens with zero attached hydrogens (tertiary/aromatic N) is 1. The summed E-state index contributed by atoms with van der Waals surface area (Å²) in [7, 11) is 0. The zero-order chi connectivity index (χ0) is 9.26. The molecule has 2 rings (SSSR count). The maximum Gasteiger partial charge on any atom is 0.169 e. The molecule has 0 saturated carbocycles. The topological polar surface area (TPSA) is 26.0 Å². The van der Waals surface area contributed by atoms with E-state index < -0.39 is 0 Å². The summed E-state index contributed by atoms with van der Waals surface area (Å²) < 4.78 is 17.8. The fourth-order valence-corrected chi connectivity index (χ4v) is 1.20. The van der Waals surface area contributed by atoms with Gasteiger partial charge in [0.1, 0.15) is 5.82 Å². The number of hydrogen-bond donors (Lipinski definition) is 0. The van der Waals surface area contributed by atoms with Crippen LogP contribution in [0.3, 0.4) is 0 Å². The van der Waals surface area contributed by atoms with Crippen molar-refractivity contribution in [1.29, 1.82) is 0 Å². The Hall–Kier alpha value is -1.64. The lowest BCUT2D eigenvalue weighted by Crippen LogP contribution is -1.79. The summed E-state index contributed by atoms with van der Waals surface area (Å²) in [6.45, 7) is 1.87. The highest BCUT2D eigenvalue weighted by molar-refractivity contribution is 5.60. The number of halogens is 1. The number of hydrogen-bond acceptors (Lipinski definition) is 2. The summed E-state index contributed by atoms with van der Waals surface area (Å²) in [5.41, 5.74) is 1.63. The van der Waals surface area contributed by atoms with E-state index in [-0.39, 0.29) is 5.82 Å². The van der Waals surface area contributed by atoms with Crippen LogP contribution >= 0.6 is 0 Å². The maximum absolute atomic E-state index is 12.8. The van der Waals surface area contributed by atoms with Crippen LogP contribution < -0.4 is 0 Å².